The lowest BCUT2D eigenvalue weighted by Gasteiger charge is -2.27. The molecule has 0 spiro atoms. The molecule has 194 valence electrons. The highest BCUT2D eigenvalue weighted by Gasteiger charge is 2.31. The van der Waals surface area contributed by atoms with Crippen molar-refractivity contribution in [2.24, 2.45) is 0 Å². The second kappa shape index (κ2) is 10.3. The molecular weight excluding hydrogens is 502 g/mol. The molecule has 1 amide bonds. The Balaban J connectivity index is 1.27. The topological polar surface area (TPSA) is 109 Å². The molecule has 15 heteroatoms. The van der Waals surface area contributed by atoms with Crippen LogP contribution in [-0.2, 0) is 15.7 Å². The highest BCUT2D eigenvalue weighted by Crippen LogP contribution is 2.31. The van der Waals surface area contributed by atoms with Gasteiger partial charge in [-0.3, -0.25) is 9.53 Å². The van der Waals surface area contributed by atoms with Crippen LogP contribution in [0.1, 0.15) is 40.9 Å². The Morgan fingerprint density at radius 2 is 1.86 bits per heavy atom. The molecule has 4 rings (SSSR count). The number of aromatic nitrogens is 3. The molecule has 2 aromatic heterocycles. The molecule has 1 fully saturated rings. The third kappa shape index (κ3) is 6.60. The van der Waals surface area contributed by atoms with E-state index in [-0.39, 0.29) is 41.2 Å². The molecule has 0 saturated carbocycles. The molecule has 36 heavy (non-hydrogen) atoms. The van der Waals surface area contributed by atoms with E-state index in [1.165, 1.54) is 18.2 Å². The average Bonchev–Trinajstić information content (AvgIpc) is 3.29. The molecule has 3 heterocycles. The number of pyridine rings is 1. The number of nitrogens with one attached hydrogen (secondary N) is 1. The second-order valence-corrected chi connectivity index (χ2v) is 7.72. The summed E-state index contributed by atoms with van der Waals surface area (Å²) in [6.07, 6.45) is -9.33. The van der Waals surface area contributed by atoms with E-state index in [0.717, 1.165) is 12.1 Å². The summed E-state index contributed by atoms with van der Waals surface area (Å²) < 4.78 is 93.8. The predicted octanol–water partition coefficient (Wildman–Crippen LogP) is 4.20. The maximum atomic E-state index is 12.9. The zero-order valence-corrected chi connectivity index (χ0v) is 18.2. The molecule has 1 aromatic carbocycles. The van der Waals surface area contributed by atoms with Crippen LogP contribution in [0.5, 0.6) is 6.08 Å². The van der Waals surface area contributed by atoms with Crippen LogP contribution in [0.25, 0.3) is 10.9 Å². The van der Waals surface area contributed by atoms with Gasteiger partial charge in [0.2, 0.25) is 5.89 Å². The summed E-state index contributed by atoms with van der Waals surface area (Å²) in [4.78, 5) is 16.7. The summed E-state index contributed by atoms with van der Waals surface area (Å²) in [6.45, 7) is -1.10. The lowest BCUT2D eigenvalue weighted by Crippen LogP contribution is -2.41. The first-order valence-electron chi connectivity index (χ1n) is 10.6. The Morgan fingerprint density at radius 3 is 2.56 bits per heavy atom. The van der Waals surface area contributed by atoms with Gasteiger partial charge in [0.25, 0.3) is 5.91 Å². The number of nitrogens with zero attached hydrogens (tertiary/aromatic N) is 3. The number of hydrogen-bond acceptors (Lipinski definition) is 8. The second-order valence-electron chi connectivity index (χ2n) is 7.72. The highest BCUT2D eigenvalue weighted by atomic mass is 19.4. The van der Waals surface area contributed by atoms with Crippen LogP contribution < -0.4 is 10.1 Å². The van der Waals surface area contributed by atoms with Crippen molar-refractivity contribution in [3.8, 4) is 6.08 Å². The molecular formula is C21H18F6N4O5. The molecule has 1 aliphatic rings. The predicted molar refractivity (Wildman–Crippen MR) is 108 cm³/mol. The summed E-state index contributed by atoms with van der Waals surface area (Å²) in [6, 6.07) is 5.42. The lowest BCUT2D eigenvalue weighted by atomic mass is 10.0. The Hall–Kier alpha value is -3.46. The summed E-state index contributed by atoms with van der Waals surface area (Å²) in [7, 11) is 0. The van der Waals surface area contributed by atoms with E-state index in [1.807, 2.05) is 0 Å². The van der Waals surface area contributed by atoms with Crippen molar-refractivity contribution >= 4 is 16.8 Å². The molecule has 1 aliphatic heterocycles. The van der Waals surface area contributed by atoms with Gasteiger partial charge in [-0.25, -0.2) is 4.98 Å². The lowest BCUT2D eigenvalue weighted by molar-refractivity contribution is -0.325. The highest BCUT2D eigenvalue weighted by molar-refractivity contribution is 5.95. The van der Waals surface area contributed by atoms with Gasteiger partial charge in [0, 0.05) is 5.39 Å². The van der Waals surface area contributed by atoms with Crippen molar-refractivity contribution in [1.82, 2.24) is 20.5 Å². The molecule has 0 aliphatic carbocycles. The van der Waals surface area contributed by atoms with Crippen LogP contribution in [0, 0.1) is 0 Å². The van der Waals surface area contributed by atoms with Gasteiger partial charge in [-0.1, -0.05) is 11.2 Å². The van der Waals surface area contributed by atoms with Gasteiger partial charge in [0.15, 0.2) is 0 Å². The first-order chi connectivity index (χ1) is 17.0. The Kier molecular flexibility index (Phi) is 7.31. The van der Waals surface area contributed by atoms with Crippen LogP contribution >= 0.6 is 0 Å². The van der Waals surface area contributed by atoms with Crippen molar-refractivity contribution in [2.45, 2.75) is 37.5 Å². The largest absolute Gasteiger partial charge is 0.522 e. The first-order valence-corrected chi connectivity index (χ1v) is 10.6. The number of hydrogen-bond donors (Lipinski definition) is 1. The van der Waals surface area contributed by atoms with E-state index in [4.69, 9.17) is 13.9 Å². The minimum Gasteiger partial charge on any atom is -0.447 e. The molecule has 1 saturated heterocycles. The number of halogens is 6. The molecule has 1 N–H and O–H groups in total. The first kappa shape index (κ1) is 25.6. The number of benzene rings is 1. The normalized spacial score (nSPS) is 18.8. The number of carbonyl (C=O) groups excluding carboxylic acids is 1. The molecule has 9 nitrogen and oxygen atoms in total. The average molecular weight is 520 g/mol. The Bertz CT molecular complexity index is 1210. The minimum absolute atomic E-state index is 0.0394. The number of carbonyl (C=O) groups is 1. The molecule has 0 unspecified atom stereocenters. The van der Waals surface area contributed by atoms with Crippen LogP contribution in [0.2, 0.25) is 0 Å². The van der Waals surface area contributed by atoms with Crippen LogP contribution in [-0.4, -0.2) is 53.3 Å². The fourth-order valence-electron chi connectivity index (χ4n) is 3.44. The van der Waals surface area contributed by atoms with Crippen LogP contribution in [0.15, 0.2) is 34.7 Å². The van der Waals surface area contributed by atoms with E-state index < -0.39 is 43.3 Å². The minimum atomic E-state index is -4.77. The number of alkyl halides is 6. The van der Waals surface area contributed by atoms with Gasteiger partial charge in [-0.2, -0.15) is 13.2 Å². The van der Waals surface area contributed by atoms with E-state index in [1.54, 1.807) is 0 Å². The molecule has 2 atom stereocenters. The number of rotatable bonds is 7. The number of ether oxygens (including phenoxy) is 3. The van der Waals surface area contributed by atoms with Crippen molar-refractivity contribution in [3.05, 3.63) is 47.5 Å². The van der Waals surface area contributed by atoms with Crippen molar-refractivity contribution in [3.63, 3.8) is 0 Å². The van der Waals surface area contributed by atoms with Crippen molar-refractivity contribution < 1.29 is 49.8 Å². The zero-order chi connectivity index (χ0) is 25.9. The van der Waals surface area contributed by atoms with Crippen LogP contribution in [0.4, 0.5) is 26.3 Å². The number of amides is 1. The van der Waals surface area contributed by atoms with Crippen molar-refractivity contribution in [1.29, 1.82) is 0 Å². The van der Waals surface area contributed by atoms with E-state index >= 15 is 0 Å². The van der Waals surface area contributed by atoms with Gasteiger partial charge in [0.1, 0.15) is 18.4 Å². The molecule has 0 bridgehead atoms. The third-order valence-electron chi connectivity index (χ3n) is 5.13. The smallest absolute Gasteiger partial charge is 0.447 e. The maximum absolute atomic E-state index is 12.9. The Labute approximate surface area is 198 Å². The van der Waals surface area contributed by atoms with Gasteiger partial charge in [0.05, 0.1) is 30.3 Å². The SMILES string of the molecule is O=C(N[C@H]1CC[C@H](c2nnc(OCCOC(F)(F)F)o2)OC1)c1ccc2cc(C(F)(F)F)ccc2n1. The monoisotopic (exact) mass is 520 g/mol. The molecule has 0 radical (unpaired) electrons. The summed E-state index contributed by atoms with van der Waals surface area (Å²) in [5, 5.41) is 10.3. The third-order valence-corrected chi connectivity index (χ3v) is 5.13. The van der Waals surface area contributed by atoms with E-state index in [9.17, 15) is 31.1 Å². The summed E-state index contributed by atoms with van der Waals surface area (Å²) in [5.74, 6) is -0.445. The fourth-order valence-corrected chi connectivity index (χ4v) is 3.44. The summed E-state index contributed by atoms with van der Waals surface area (Å²) in [5.41, 5.74) is -0.522. The number of fused-ring (bicyclic) bond motifs is 1. The standard InChI is InChI=1S/C21H18F6N4O5/c22-20(23,24)12-2-5-14-11(9-12)1-4-15(29-14)17(32)28-13-3-6-16(34-10-13)18-30-31-19(36-18)33-7-8-35-21(25,26)27/h1-2,4-5,9,13,16H,3,6-8,10H2,(H,28,32)/t13-,16+/m0/s1. The quantitative estimate of drug-likeness (QED) is 0.365. The fraction of sp³-hybridized carbons (Fsp3) is 0.429. The van der Waals surface area contributed by atoms with Gasteiger partial charge in [-0.15, -0.1) is 18.3 Å². The van der Waals surface area contributed by atoms with E-state index in [2.05, 4.69) is 25.2 Å². The van der Waals surface area contributed by atoms with E-state index in [0.29, 0.717) is 12.8 Å². The maximum Gasteiger partial charge on any atom is 0.522 e. The summed E-state index contributed by atoms with van der Waals surface area (Å²) >= 11 is 0. The zero-order valence-electron chi connectivity index (χ0n) is 18.2. The van der Waals surface area contributed by atoms with Gasteiger partial charge in [-0.05, 0) is 37.1 Å². The van der Waals surface area contributed by atoms with Gasteiger partial charge >= 0.3 is 18.6 Å². The van der Waals surface area contributed by atoms with Gasteiger partial charge < -0.3 is 19.2 Å². The van der Waals surface area contributed by atoms with Crippen LogP contribution in [0.3, 0.4) is 0 Å². The van der Waals surface area contributed by atoms with Crippen molar-refractivity contribution in [2.75, 3.05) is 19.8 Å². The molecule has 3 aromatic rings. The Morgan fingerprint density at radius 1 is 1.06 bits per heavy atom.